The smallest absolute Gasteiger partial charge is 0.315 e. The van der Waals surface area contributed by atoms with Gasteiger partial charge in [-0.1, -0.05) is 30.3 Å². The van der Waals surface area contributed by atoms with Gasteiger partial charge in [-0.25, -0.2) is 4.79 Å². The first-order valence-electron chi connectivity index (χ1n) is 6.58. The third kappa shape index (κ3) is 2.34. The Hall–Kier alpha value is -1.55. The van der Waals surface area contributed by atoms with Crippen molar-refractivity contribution < 1.29 is 4.79 Å². The first-order chi connectivity index (χ1) is 8.76. The second-order valence-corrected chi connectivity index (χ2v) is 5.39. The standard InChI is InChI=1S/C14H19N3O/c18-13-15-10-14(16-13)7-4-8-17(11-14)9-12-5-2-1-3-6-12/h1-3,5-6H,4,7-11H2,(H2,15,16,18). The Kier molecular flexibility index (Phi) is 2.96. The summed E-state index contributed by atoms with van der Waals surface area (Å²) in [5, 5.41) is 5.98. The van der Waals surface area contributed by atoms with Crippen molar-refractivity contribution >= 4 is 6.03 Å². The number of rotatable bonds is 2. The highest BCUT2D eigenvalue weighted by molar-refractivity contribution is 5.77. The van der Waals surface area contributed by atoms with Gasteiger partial charge in [0.2, 0.25) is 0 Å². The van der Waals surface area contributed by atoms with Gasteiger partial charge in [-0.2, -0.15) is 0 Å². The molecule has 0 aromatic heterocycles. The second kappa shape index (κ2) is 4.61. The fourth-order valence-corrected chi connectivity index (χ4v) is 3.03. The minimum absolute atomic E-state index is 0.0171. The molecule has 0 bridgehead atoms. The number of benzene rings is 1. The van der Waals surface area contributed by atoms with Gasteiger partial charge in [-0.15, -0.1) is 0 Å². The van der Waals surface area contributed by atoms with Crippen LogP contribution in [-0.4, -0.2) is 36.1 Å². The molecule has 0 radical (unpaired) electrons. The highest BCUT2D eigenvalue weighted by atomic mass is 16.2. The number of carbonyl (C=O) groups is 1. The molecule has 2 heterocycles. The predicted octanol–water partition coefficient (Wildman–Crippen LogP) is 1.33. The van der Waals surface area contributed by atoms with E-state index in [2.05, 4.69) is 39.8 Å². The SMILES string of the molecule is O=C1NCC2(CCCN(Cc3ccccc3)C2)N1. The van der Waals surface area contributed by atoms with Crippen LogP contribution in [0.1, 0.15) is 18.4 Å². The van der Waals surface area contributed by atoms with Gasteiger partial charge in [0, 0.05) is 19.6 Å². The summed E-state index contributed by atoms with van der Waals surface area (Å²) in [5.41, 5.74) is 1.30. The largest absolute Gasteiger partial charge is 0.336 e. The Bertz CT molecular complexity index is 434. The summed E-state index contributed by atoms with van der Waals surface area (Å²) in [5.74, 6) is 0. The molecule has 2 aliphatic heterocycles. The van der Waals surface area contributed by atoms with Crippen LogP contribution in [0.4, 0.5) is 4.79 Å². The summed E-state index contributed by atoms with van der Waals surface area (Å²) < 4.78 is 0. The molecule has 2 fully saturated rings. The van der Waals surface area contributed by atoms with Gasteiger partial charge in [0.25, 0.3) is 0 Å². The molecule has 4 nitrogen and oxygen atoms in total. The van der Waals surface area contributed by atoms with Crippen LogP contribution in [0, 0.1) is 0 Å². The first-order valence-corrected chi connectivity index (χ1v) is 6.58. The van der Waals surface area contributed by atoms with E-state index in [0.29, 0.717) is 0 Å². The molecule has 1 spiro atoms. The average molecular weight is 245 g/mol. The fourth-order valence-electron chi connectivity index (χ4n) is 3.03. The number of hydrogen-bond acceptors (Lipinski definition) is 2. The highest BCUT2D eigenvalue weighted by Gasteiger charge is 2.40. The van der Waals surface area contributed by atoms with Crippen LogP contribution in [0.25, 0.3) is 0 Å². The van der Waals surface area contributed by atoms with Crippen molar-refractivity contribution in [2.75, 3.05) is 19.6 Å². The second-order valence-electron chi connectivity index (χ2n) is 5.39. The summed E-state index contributed by atoms with van der Waals surface area (Å²) in [6.07, 6.45) is 2.23. The maximum absolute atomic E-state index is 11.3. The molecular formula is C14H19N3O. The van der Waals surface area contributed by atoms with E-state index in [-0.39, 0.29) is 11.6 Å². The molecule has 3 rings (SSSR count). The van der Waals surface area contributed by atoms with Gasteiger partial charge in [0.15, 0.2) is 0 Å². The third-order valence-electron chi connectivity index (χ3n) is 3.87. The van der Waals surface area contributed by atoms with E-state index < -0.39 is 0 Å². The van der Waals surface area contributed by atoms with Crippen molar-refractivity contribution in [3.05, 3.63) is 35.9 Å². The van der Waals surface area contributed by atoms with Gasteiger partial charge in [0.1, 0.15) is 0 Å². The van der Waals surface area contributed by atoms with Gasteiger partial charge in [-0.3, -0.25) is 4.90 Å². The maximum Gasteiger partial charge on any atom is 0.315 e. The van der Waals surface area contributed by atoms with E-state index in [1.807, 2.05) is 6.07 Å². The molecule has 2 N–H and O–H groups in total. The number of nitrogens with zero attached hydrogens (tertiary/aromatic N) is 1. The number of amides is 2. The van der Waals surface area contributed by atoms with E-state index in [1.54, 1.807) is 0 Å². The minimum atomic E-state index is -0.0376. The summed E-state index contributed by atoms with van der Waals surface area (Å²) in [4.78, 5) is 13.8. The van der Waals surface area contributed by atoms with Crippen molar-refractivity contribution in [3.63, 3.8) is 0 Å². The van der Waals surface area contributed by atoms with Crippen molar-refractivity contribution in [1.82, 2.24) is 15.5 Å². The monoisotopic (exact) mass is 245 g/mol. The Labute approximate surface area is 107 Å². The van der Waals surface area contributed by atoms with Gasteiger partial charge >= 0.3 is 6.03 Å². The van der Waals surface area contributed by atoms with Crippen LogP contribution in [-0.2, 0) is 6.54 Å². The maximum atomic E-state index is 11.3. The predicted molar refractivity (Wildman–Crippen MR) is 70.2 cm³/mol. The van der Waals surface area contributed by atoms with E-state index in [4.69, 9.17) is 0 Å². The Balaban J connectivity index is 1.66. The van der Waals surface area contributed by atoms with Crippen LogP contribution in [0.5, 0.6) is 0 Å². The first kappa shape index (κ1) is 11.5. The van der Waals surface area contributed by atoms with E-state index in [0.717, 1.165) is 39.0 Å². The highest BCUT2D eigenvalue weighted by Crippen LogP contribution is 2.24. The van der Waals surface area contributed by atoms with Crippen molar-refractivity contribution in [3.8, 4) is 0 Å². The number of hydrogen-bond donors (Lipinski definition) is 2. The van der Waals surface area contributed by atoms with E-state index in [1.165, 1.54) is 5.56 Å². The Morgan fingerprint density at radius 1 is 1.28 bits per heavy atom. The van der Waals surface area contributed by atoms with Crippen LogP contribution in [0.2, 0.25) is 0 Å². The molecule has 1 aromatic carbocycles. The molecule has 1 unspecified atom stereocenters. The quantitative estimate of drug-likeness (QED) is 0.825. The number of urea groups is 1. The van der Waals surface area contributed by atoms with Gasteiger partial charge in [-0.05, 0) is 24.9 Å². The third-order valence-corrected chi connectivity index (χ3v) is 3.87. The summed E-state index contributed by atoms with van der Waals surface area (Å²) in [6, 6.07) is 10.5. The normalized spacial score (nSPS) is 28.1. The molecule has 2 aliphatic rings. The minimum Gasteiger partial charge on any atom is -0.336 e. The number of nitrogens with one attached hydrogen (secondary N) is 2. The molecule has 1 aromatic rings. The molecule has 96 valence electrons. The molecule has 0 saturated carbocycles. The fraction of sp³-hybridized carbons (Fsp3) is 0.500. The molecular weight excluding hydrogens is 226 g/mol. The van der Waals surface area contributed by atoms with Gasteiger partial charge in [0.05, 0.1) is 5.54 Å². The molecule has 2 saturated heterocycles. The van der Waals surface area contributed by atoms with Crippen molar-refractivity contribution in [1.29, 1.82) is 0 Å². The lowest BCUT2D eigenvalue weighted by atomic mass is 9.90. The lowest BCUT2D eigenvalue weighted by molar-refractivity contribution is 0.137. The lowest BCUT2D eigenvalue weighted by Gasteiger charge is -2.39. The van der Waals surface area contributed by atoms with Crippen molar-refractivity contribution in [2.24, 2.45) is 0 Å². The Morgan fingerprint density at radius 3 is 2.83 bits per heavy atom. The average Bonchev–Trinajstić information content (AvgIpc) is 2.72. The zero-order valence-corrected chi connectivity index (χ0v) is 10.5. The summed E-state index contributed by atoms with van der Waals surface area (Å²) in [7, 11) is 0. The summed E-state index contributed by atoms with van der Waals surface area (Å²) >= 11 is 0. The van der Waals surface area contributed by atoms with Crippen LogP contribution >= 0.6 is 0 Å². The molecule has 2 amide bonds. The molecule has 18 heavy (non-hydrogen) atoms. The van der Waals surface area contributed by atoms with E-state index >= 15 is 0 Å². The number of likely N-dealkylation sites (tertiary alicyclic amines) is 1. The molecule has 4 heteroatoms. The van der Waals surface area contributed by atoms with Crippen LogP contribution < -0.4 is 10.6 Å². The zero-order valence-electron chi connectivity index (χ0n) is 10.5. The lowest BCUT2D eigenvalue weighted by Crippen LogP contribution is -2.55. The van der Waals surface area contributed by atoms with Crippen molar-refractivity contribution in [2.45, 2.75) is 24.9 Å². The van der Waals surface area contributed by atoms with Gasteiger partial charge < -0.3 is 10.6 Å². The Morgan fingerprint density at radius 2 is 2.11 bits per heavy atom. The van der Waals surface area contributed by atoms with E-state index in [9.17, 15) is 4.79 Å². The molecule has 0 aliphatic carbocycles. The number of piperidine rings is 1. The van der Waals surface area contributed by atoms with Crippen LogP contribution in [0.3, 0.4) is 0 Å². The number of carbonyl (C=O) groups excluding carboxylic acids is 1. The van der Waals surface area contributed by atoms with Crippen LogP contribution in [0.15, 0.2) is 30.3 Å². The molecule has 1 atom stereocenters. The topological polar surface area (TPSA) is 44.4 Å². The zero-order chi connectivity index (χ0) is 12.4. The summed E-state index contributed by atoms with van der Waals surface area (Å²) in [6.45, 7) is 3.79.